The molecule has 1 fully saturated rings. The molecule has 1 aliphatic rings. The molecular formula is C9H16O3. The van der Waals surface area contributed by atoms with E-state index < -0.39 is 5.60 Å². The summed E-state index contributed by atoms with van der Waals surface area (Å²) >= 11 is 0. The molecule has 1 heterocycles. The zero-order chi connectivity index (χ0) is 9.41. The van der Waals surface area contributed by atoms with Crippen molar-refractivity contribution in [2.24, 2.45) is 0 Å². The minimum atomic E-state index is -0.697. The Hall–Kier alpha value is -0.570. The van der Waals surface area contributed by atoms with E-state index in [1.165, 1.54) is 7.11 Å². The molecule has 70 valence electrons. The first-order valence-corrected chi connectivity index (χ1v) is 4.29. The van der Waals surface area contributed by atoms with Crippen LogP contribution in [0.3, 0.4) is 0 Å². The van der Waals surface area contributed by atoms with Crippen molar-refractivity contribution in [2.45, 2.75) is 44.8 Å². The zero-order valence-electron chi connectivity index (χ0n) is 8.14. The van der Waals surface area contributed by atoms with Crippen LogP contribution in [0.4, 0.5) is 0 Å². The average molecular weight is 172 g/mol. The molecule has 12 heavy (non-hydrogen) atoms. The molecule has 0 aromatic heterocycles. The van der Waals surface area contributed by atoms with Crippen LogP contribution in [0.5, 0.6) is 0 Å². The van der Waals surface area contributed by atoms with E-state index in [0.29, 0.717) is 0 Å². The summed E-state index contributed by atoms with van der Waals surface area (Å²) in [7, 11) is 1.39. The Kier molecular flexibility index (Phi) is 2.17. The second-order valence-electron chi connectivity index (χ2n) is 3.61. The van der Waals surface area contributed by atoms with Crippen LogP contribution in [0.25, 0.3) is 0 Å². The van der Waals surface area contributed by atoms with Gasteiger partial charge in [-0.2, -0.15) is 0 Å². The molecule has 2 unspecified atom stereocenters. The summed E-state index contributed by atoms with van der Waals surface area (Å²) in [6.45, 7) is 5.81. The molecule has 0 amide bonds. The lowest BCUT2D eigenvalue weighted by molar-refractivity contribution is -0.146. The molecule has 0 aromatic rings. The van der Waals surface area contributed by atoms with Crippen molar-refractivity contribution in [1.29, 1.82) is 0 Å². The number of epoxide rings is 1. The predicted molar refractivity (Wildman–Crippen MR) is 44.8 cm³/mol. The maximum atomic E-state index is 11.2. The number of rotatable bonds is 3. The van der Waals surface area contributed by atoms with E-state index >= 15 is 0 Å². The molecule has 0 radical (unpaired) electrons. The highest BCUT2D eigenvalue weighted by Gasteiger charge is 2.68. The number of methoxy groups -OCH3 is 1. The van der Waals surface area contributed by atoms with Crippen LogP contribution < -0.4 is 0 Å². The Morgan fingerprint density at radius 2 is 2.08 bits per heavy atom. The first kappa shape index (κ1) is 9.52. The first-order valence-electron chi connectivity index (χ1n) is 4.29. The van der Waals surface area contributed by atoms with Crippen LogP contribution in [0.1, 0.15) is 33.6 Å². The van der Waals surface area contributed by atoms with Crippen molar-refractivity contribution < 1.29 is 14.3 Å². The van der Waals surface area contributed by atoms with Crippen LogP contribution in [0, 0.1) is 0 Å². The molecule has 0 bridgehead atoms. The van der Waals surface area contributed by atoms with Crippen molar-refractivity contribution in [2.75, 3.05) is 7.11 Å². The van der Waals surface area contributed by atoms with Gasteiger partial charge in [0, 0.05) is 0 Å². The topological polar surface area (TPSA) is 38.8 Å². The van der Waals surface area contributed by atoms with Crippen molar-refractivity contribution in [1.82, 2.24) is 0 Å². The Bertz CT molecular complexity index is 202. The average Bonchev–Trinajstić information content (AvgIpc) is 2.55. The van der Waals surface area contributed by atoms with Gasteiger partial charge in [0.25, 0.3) is 0 Å². The summed E-state index contributed by atoms with van der Waals surface area (Å²) in [5.74, 6) is -0.265. The van der Waals surface area contributed by atoms with E-state index in [4.69, 9.17) is 4.74 Å². The fraction of sp³-hybridized carbons (Fsp3) is 0.889. The fourth-order valence-corrected chi connectivity index (χ4v) is 1.64. The van der Waals surface area contributed by atoms with Gasteiger partial charge < -0.3 is 9.47 Å². The van der Waals surface area contributed by atoms with E-state index in [1.807, 2.05) is 6.92 Å². The minimum Gasteiger partial charge on any atom is -0.467 e. The third kappa shape index (κ3) is 1.12. The van der Waals surface area contributed by atoms with Gasteiger partial charge in [0.2, 0.25) is 0 Å². The summed E-state index contributed by atoms with van der Waals surface area (Å²) in [6, 6.07) is 0. The largest absolute Gasteiger partial charge is 0.467 e. The predicted octanol–water partition coefficient (Wildman–Crippen LogP) is 1.51. The van der Waals surface area contributed by atoms with E-state index in [9.17, 15) is 4.79 Å². The quantitative estimate of drug-likeness (QED) is 0.478. The first-order chi connectivity index (χ1) is 5.50. The van der Waals surface area contributed by atoms with Crippen LogP contribution in [0.15, 0.2) is 0 Å². The molecule has 3 heteroatoms. The van der Waals surface area contributed by atoms with Crippen LogP contribution in [0.2, 0.25) is 0 Å². The maximum absolute atomic E-state index is 11.2. The number of carbonyl (C=O) groups is 1. The number of carbonyl (C=O) groups excluding carboxylic acids is 1. The molecule has 1 rings (SSSR count). The molecule has 1 aliphatic heterocycles. The van der Waals surface area contributed by atoms with Crippen molar-refractivity contribution >= 4 is 5.97 Å². The number of hydrogen-bond acceptors (Lipinski definition) is 3. The summed E-state index contributed by atoms with van der Waals surface area (Å²) in [5, 5.41) is 0. The molecule has 0 aromatic carbocycles. The molecule has 2 atom stereocenters. The Balaban J connectivity index is 2.62. The monoisotopic (exact) mass is 172 g/mol. The molecule has 1 saturated heterocycles. The van der Waals surface area contributed by atoms with Gasteiger partial charge >= 0.3 is 5.97 Å². The van der Waals surface area contributed by atoms with Gasteiger partial charge in [-0.25, -0.2) is 4.79 Å². The van der Waals surface area contributed by atoms with Gasteiger partial charge in [-0.1, -0.05) is 13.3 Å². The van der Waals surface area contributed by atoms with Gasteiger partial charge in [-0.3, -0.25) is 0 Å². The summed E-state index contributed by atoms with van der Waals surface area (Å²) in [4.78, 5) is 11.2. The molecule has 0 spiro atoms. The highest BCUT2D eigenvalue weighted by atomic mass is 16.7. The number of hydrogen-bond donors (Lipinski definition) is 0. The number of ether oxygens (including phenoxy) is 2. The van der Waals surface area contributed by atoms with Crippen LogP contribution in [-0.4, -0.2) is 24.3 Å². The van der Waals surface area contributed by atoms with E-state index in [2.05, 4.69) is 11.7 Å². The third-order valence-electron chi connectivity index (χ3n) is 2.70. The molecular weight excluding hydrogens is 156 g/mol. The van der Waals surface area contributed by atoms with E-state index in [-0.39, 0.29) is 11.6 Å². The van der Waals surface area contributed by atoms with E-state index in [0.717, 1.165) is 12.8 Å². The van der Waals surface area contributed by atoms with Gasteiger partial charge in [0.05, 0.1) is 7.11 Å². The van der Waals surface area contributed by atoms with Crippen LogP contribution >= 0.6 is 0 Å². The lowest BCUT2D eigenvalue weighted by Gasteiger charge is -2.08. The second kappa shape index (κ2) is 2.73. The highest BCUT2D eigenvalue weighted by Crippen LogP contribution is 2.51. The van der Waals surface area contributed by atoms with Crippen molar-refractivity contribution in [3.63, 3.8) is 0 Å². The SMILES string of the molecule is CCCC1(C)OC1(C)C(=O)OC. The summed E-state index contributed by atoms with van der Waals surface area (Å²) < 4.78 is 10.1. The standard InChI is InChI=1S/C9H16O3/c1-5-6-8(2)9(3,12-8)7(10)11-4/h5-6H2,1-4H3. The Morgan fingerprint density at radius 1 is 1.50 bits per heavy atom. The molecule has 3 nitrogen and oxygen atoms in total. The van der Waals surface area contributed by atoms with Crippen molar-refractivity contribution in [3.05, 3.63) is 0 Å². The Labute approximate surface area is 73.0 Å². The second-order valence-corrected chi connectivity index (χ2v) is 3.61. The van der Waals surface area contributed by atoms with Gasteiger partial charge in [-0.15, -0.1) is 0 Å². The number of esters is 1. The maximum Gasteiger partial charge on any atom is 0.340 e. The van der Waals surface area contributed by atoms with Crippen LogP contribution in [-0.2, 0) is 14.3 Å². The lowest BCUT2D eigenvalue weighted by atomic mass is 9.92. The molecule has 0 saturated carbocycles. The van der Waals surface area contributed by atoms with Gasteiger partial charge in [0.1, 0.15) is 5.60 Å². The minimum absolute atomic E-state index is 0.265. The summed E-state index contributed by atoms with van der Waals surface area (Å²) in [6.07, 6.45) is 1.92. The Morgan fingerprint density at radius 3 is 2.50 bits per heavy atom. The summed E-state index contributed by atoms with van der Waals surface area (Å²) in [5.41, 5.74) is -0.993. The van der Waals surface area contributed by atoms with Gasteiger partial charge in [0.15, 0.2) is 5.60 Å². The molecule has 0 N–H and O–H groups in total. The highest BCUT2D eigenvalue weighted by molar-refractivity contribution is 5.84. The normalized spacial score (nSPS) is 39.3. The van der Waals surface area contributed by atoms with Gasteiger partial charge in [-0.05, 0) is 20.3 Å². The van der Waals surface area contributed by atoms with Crippen molar-refractivity contribution in [3.8, 4) is 0 Å². The fourth-order valence-electron chi connectivity index (χ4n) is 1.64. The molecule has 0 aliphatic carbocycles. The smallest absolute Gasteiger partial charge is 0.340 e. The lowest BCUT2D eigenvalue weighted by Crippen LogP contribution is -2.30. The van der Waals surface area contributed by atoms with E-state index in [1.54, 1.807) is 6.92 Å². The zero-order valence-corrected chi connectivity index (χ0v) is 8.14. The third-order valence-corrected chi connectivity index (χ3v) is 2.70.